The summed E-state index contributed by atoms with van der Waals surface area (Å²) in [5.74, 6) is 0. The van der Waals surface area contributed by atoms with Crippen LogP contribution in [0.3, 0.4) is 0 Å². The van der Waals surface area contributed by atoms with Crippen molar-refractivity contribution < 1.29 is 9.47 Å². The molecule has 2 nitrogen and oxygen atoms in total. The van der Waals surface area contributed by atoms with Crippen LogP contribution in [0, 0.1) is 0 Å². The Morgan fingerprint density at radius 2 is 1.70 bits per heavy atom. The van der Waals surface area contributed by atoms with Gasteiger partial charge in [0.2, 0.25) is 0 Å². The molecule has 0 N–H and O–H groups in total. The second-order valence-corrected chi connectivity index (χ2v) is 3.25. The lowest BCUT2D eigenvalue weighted by Gasteiger charge is -2.38. The van der Waals surface area contributed by atoms with Crippen LogP contribution in [0.25, 0.3) is 0 Å². The van der Waals surface area contributed by atoms with E-state index in [4.69, 9.17) is 9.47 Å². The van der Waals surface area contributed by atoms with Crippen LogP contribution in [0.5, 0.6) is 0 Å². The summed E-state index contributed by atoms with van der Waals surface area (Å²) in [4.78, 5) is 0. The molecule has 1 aliphatic carbocycles. The molecule has 2 fully saturated rings. The van der Waals surface area contributed by atoms with Gasteiger partial charge in [0.15, 0.2) is 6.29 Å². The van der Waals surface area contributed by atoms with E-state index >= 15 is 0 Å². The van der Waals surface area contributed by atoms with Gasteiger partial charge in [0, 0.05) is 0 Å². The van der Waals surface area contributed by atoms with E-state index in [-0.39, 0.29) is 6.29 Å². The molecule has 0 amide bonds. The first-order valence-electron chi connectivity index (χ1n) is 4.15. The minimum absolute atomic E-state index is 0.0454. The van der Waals surface area contributed by atoms with Crippen LogP contribution < -0.4 is 0 Å². The quantitative estimate of drug-likeness (QED) is 0.512. The largest absolute Gasteiger partial charge is 0.350 e. The molecule has 1 saturated heterocycles. The summed E-state index contributed by atoms with van der Waals surface area (Å²) in [6.45, 7) is 1.99. The summed E-state index contributed by atoms with van der Waals surface area (Å²) < 4.78 is 11.1. The van der Waals surface area contributed by atoms with E-state index in [2.05, 4.69) is 0 Å². The van der Waals surface area contributed by atoms with Crippen molar-refractivity contribution in [1.82, 2.24) is 0 Å². The molecule has 2 heteroatoms. The molecule has 2 rings (SSSR count). The lowest BCUT2D eigenvalue weighted by molar-refractivity contribution is -0.247. The van der Waals surface area contributed by atoms with Gasteiger partial charge < -0.3 is 9.47 Å². The number of fused-ring (bicyclic) bond motifs is 2. The Balaban J connectivity index is 1.98. The standard InChI is InChI=1S/C8H14O2/c1-6-9-7-3-2-4-8(5-7)10-6/h6-8H,2-5H2,1H3. The Bertz CT molecular complexity index is 108. The third-order valence-electron chi connectivity index (χ3n) is 2.35. The van der Waals surface area contributed by atoms with Gasteiger partial charge >= 0.3 is 0 Å². The third kappa shape index (κ3) is 1.18. The zero-order valence-corrected chi connectivity index (χ0v) is 6.38. The fraction of sp³-hybridized carbons (Fsp3) is 1.00. The van der Waals surface area contributed by atoms with E-state index in [1.807, 2.05) is 6.92 Å². The van der Waals surface area contributed by atoms with Crippen LogP contribution in [0.4, 0.5) is 0 Å². The molecular formula is C8H14O2. The summed E-state index contributed by atoms with van der Waals surface area (Å²) in [7, 11) is 0. The molecular weight excluding hydrogens is 128 g/mol. The van der Waals surface area contributed by atoms with Crippen LogP contribution >= 0.6 is 0 Å². The van der Waals surface area contributed by atoms with Crippen molar-refractivity contribution >= 4 is 0 Å². The van der Waals surface area contributed by atoms with Crippen molar-refractivity contribution in [3.63, 3.8) is 0 Å². The lowest BCUT2D eigenvalue weighted by Crippen LogP contribution is -2.39. The van der Waals surface area contributed by atoms with Gasteiger partial charge in [-0.15, -0.1) is 0 Å². The second-order valence-electron chi connectivity index (χ2n) is 3.25. The van der Waals surface area contributed by atoms with Gasteiger partial charge in [-0.05, 0) is 32.6 Å². The fourth-order valence-electron chi connectivity index (χ4n) is 1.92. The van der Waals surface area contributed by atoms with Gasteiger partial charge in [-0.2, -0.15) is 0 Å². The Labute approximate surface area is 61.5 Å². The van der Waals surface area contributed by atoms with E-state index in [1.54, 1.807) is 0 Å². The molecule has 2 unspecified atom stereocenters. The van der Waals surface area contributed by atoms with Gasteiger partial charge in [-0.25, -0.2) is 0 Å². The minimum atomic E-state index is 0.0454. The number of hydrogen-bond donors (Lipinski definition) is 0. The highest BCUT2D eigenvalue weighted by atomic mass is 16.7. The van der Waals surface area contributed by atoms with Crippen molar-refractivity contribution in [3.05, 3.63) is 0 Å². The average Bonchev–Trinajstić information content (AvgIpc) is 1.85. The molecule has 1 aliphatic heterocycles. The van der Waals surface area contributed by atoms with Gasteiger partial charge in [-0.3, -0.25) is 0 Å². The van der Waals surface area contributed by atoms with Crippen LogP contribution in [0.1, 0.15) is 32.6 Å². The van der Waals surface area contributed by atoms with Gasteiger partial charge in [0.05, 0.1) is 12.2 Å². The SMILES string of the molecule is CC1OC2CCCC(C2)O1. The molecule has 58 valence electrons. The highest BCUT2D eigenvalue weighted by molar-refractivity contribution is 4.77. The number of rotatable bonds is 0. The maximum Gasteiger partial charge on any atom is 0.155 e. The monoisotopic (exact) mass is 142 g/mol. The van der Waals surface area contributed by atoms with Gasteiger partial charge in [0.1, 0.15) is 0 Å². The summed E-state index contributed by atoms with van der Waals surface area (Å²) in [6, 6.07) is 0. The van der Waals surface area contributed by atoms with Gasteiger partial charge in [-0.1, -0.05) is 0 Å². The van der Waals surface area contributed by atoms with Crippen LogP contribution in [-0.4, -0.2) is 18.5 Å². The smallest absolute Gasteiger partial charge is 0.155 e. The van der Waals surface area contributed by atoms with Crippen molar-refractivity contribution in [2.24, 2.45) is 0 Å². The zero-order valence-electron chi connectivity index (χ0n) is 6.38. The van der Waals surface area contributed by atoms with E-state index in [1.165, 1.54) is 19.3 Å². The molecule has 2 aliphatic rings. The zero-order chi connectivity index (χ0) is 6.97. The molecule has 1 heterocycles. The molecule has 2 atom stereocenters. The summed E-state index contributed by atoms with van der Waals surface area (Å²) in [5, 5.41) is 0. The summed E-state index contributed by atoms with van der Waals surface area (Å²) >= 11 is 0. The molecule has 0 radical (unpaired) electrons. The predicted molar refractivity (Wildman–Crippen MR) is 37.7 cm³/mol. The second kappa shape index (κ2) is 2.51. The molecule has 10 heavy (non-hydrogen) atoms. The first kappa shape index (κ1) is 6.62. The molecule has 1 saturated carbocycles. The van der Waals surface area contributed by atoms with Crippen molar-refractivity contribution in [1.29, 1.82) is 0 Å². The summed E-state index contributed by atoms with van der Waals surface area (Å²) in [6.07, 6.45) is 5.94. The molecule has 0 spiro atoms. The van der Waals surface area contributed by atoms with Crippen LogP contribution in [0.15, 0.2) is 0 Å². The molecule has 0 aromatic rings. The number of hydrogen-bond acceptors (Lipinski definition) is 2. The highest BCUT2D eigenvalue weighted by Crippen LogP contribution is 2.29. The Kier molecular flexibility index (Phi) is 1.66. The van der Waals surface area contributed by atoms with Crippen molar-refractivity contribution in [3.8, 4) is 0 Å². The van der Waals surface area contributed by atoms with Crippen LogP contribution in [0.2, 0.25) is 0 Å². The summed E-state index contributed by atoms with van der Waals surface area (Å²) in [5.41, 5.74) is 0. The van der Waals surface area contributed by atoms with Crippen molar-refractivity contribution in [2.75, 3.05) is 0 Å². The molecule has 0 aromatic heterocycles. The third-order valence-corrected chi connectivity index (χ3v) is 2.35. The maximum absolute atomic E-state index is 5.53. The number of ether oxygens (including phenoxy) is 2. The van der Waals surface area contributed by atoms with E-state index < -0.39 is 0 Å². The minimum Gasteiger partial charge on any atom is -0.350 e. The topological polar surface area (TPSA) is 18.5 Å². The van der Waals surface area contributed by atoms with E-state index in [9.17, 15) is 0 Å². The molecule has 0 aromatic carbocycles. The first-order valence-corrected chi connectivity index (χ1v) is 4.15. The average molecular weight is 142 g/mol. The lowest BCUT2D eigenvalue weighted by atomic mass is 9.94. The van der Waals surface area contributed by atoms with Gasteiger partial charge in [0.25, 0.3) is 0 Å². The normalized spacial score (nSPS) is 47.1. The maximum atomic E-state index is 5.53. The Morgan fingerprint density at radius 3 is 2.30 bits per heavy atom. The van der Waals surface area contributed by atoms with E-state index in [0.717, 1.165) is 6.42 Å². The predicted octanol–water partition coefficient (Wildman–Crippen LogP) is 1.69. The van der Waals surface area contributed by atoms with Crippen molar-refractivity contribution in [2.45, 2.75) is 51.1 Å². The van der Waals surface area contributed by atoms with Crippen LogP contribution in [-0.2, 0) is 9.47 Å². The molecule has 2 bridgehead atoms. The fourth-order valence-corrected chi connectivity index (χ4v) is 1.92. The Hall–Kier alpha value is -0.0800. The first-order chi connectivity index (χ1) is 4.84. The highest BCUT2D eigenvalue weighted by Gasteiger charge is 2.30. The van der Waals surface area contributed by atoms with E-state index in [0.29, 0.717) is 12.2 Å². The Morgan fingerprint density at radius 1 is 1.10 bits per heavy atom.